The summed E-state index contributed by atoms with van der Waals surface area (Å²) in [5.41, 5.74) is 2.88. The summed E-state index contributed by atoms with van der Waals surface area (Å²) in [5, 5.41) is 3.33. The Balaban J connectivity index is 2.33. The van der Waals surface area contributed by atoms with Gasteiger partial charge in [-0.1, -0.05) is 57.2 Å². The molecule has 2 nitrogen and oxygen atoms in total. The Morgan fingerprint density at radius 2 is 1.79 bits per heavy atom. The Bertz CT molecular complexity index is 373. The lowest BCUT2D eigenvalue weighted by atomic mass is 9.87. The number of methoxy groups -OCH3 is 1. The first-order valence-corrected chi connectivity index (χ1v) is 7.01. The lowest BCUT2D eigenvalue weighted by molar-refractivity contribution is 0.199. The molecule has 0 fully saturated rings. The number of ether oxygens (including phenoxy) is 1. The van der Waals surface area contributed by atoms with Crippen molar-refractivity contribution >= 4 is 6.08 Å². The first-order chi connectivity index (χ1) is 9.04. The number of nitrogens with one attached hydrogen (secondary N) is 1. The van der Waals surface area contributed by atoms with Crippen molar-refractivity contribution in [2.75, 3.05) is 26.8 Å². The molecule has 1 rings (SSSR count). The fourth-order valence-corrected chi connectivity index (χ4v) is 1.80. The van der Waals surface area contributed by atoms with E-state index >= 15 is 0 Å². The first kappa shape index (κ1) is 15.9. The Morgan fingerprint density at radius 1 is 1.11 bits per heavy atom. The lowest BCUT2D eigenvalue weighted by Gasteiger charge is -2.18. The normalized spacial score (nSPS) is 12.2. The highest BCUT2D eigenvalue weighted by Crippen LogP contribution is 2.22. The van der Waals surface area contributed by atoms with Crippen molar-refractivity contribution in [1.29, 1.82) is 0 Å². The summed E-state index contributed by atoms with van der Waals surface area (Å²) >= 11 is 0. The molecule has 0 aliphatic heterocycles. The number of hydrogen-bond donors (Lipinski definition) is 1. The molecular formula is C17H27NO. The van der Waals surface area contributed by atoms with Crippen LogP contribution in [0.4, 0.5) is 0 Å². The molecule has 0 heterocycles. The average molecular weight is 261 g/mol. The van der Waals surface area contributed by atoms with E-state index in [-0.39, 0.29) is 5.41 Å². The van der Waals surface area contributed by atoms with E-state index in [0.29, 0.717) is 0 Å². The summed E-state index contributed by atoms with van der Waals surface area (Å²) in [5.74, 6) is 0. The largest absolute Gasteiger partial charge is 0.383 e. The van der Waals surface area contributed by atoms with Gasteiger partial charge in [-0.2, -0.15) is 0 Å². The Kier molecular flexibility index (Phi) is 6.82. The summed E-state index contributed by atoms with van der Waals surface area (Å²) in [6, 6.07) is 8.82. The molecule has 2 heteroatoms. The van der Waals surface area contributed by atoms with Crippen molar-refractivity contribution in [1.82, 2.24) is 5.32 Å². The molecule has 0 radical (unpaired) electrons. The van der Waals surface area contributed by atoms with Crippen molar-refractivity contribution in [3.05, 3.63) is 41.5 Å². The number of rotatable bonds is 7. The van der Waals surface area contributed by atoms with E-state index in [2.05, 4.69) is 62.5 Å². The zero-order chi connectivity index (χ0) is 14.1. The van der Waals surface area contributed by atoms with Crippen molar-refractivity contribution in [3.63, 3.8) is 0 Å². The highest BCUT2D eigenvalue weighted by Gasteiger charge is 2.12. The van der Waals surface area contributed by atoms with Gasteiger partial charge in [-0.15, -0.1) is 0 Å². The van der Waals surface area contributed by atoms with Gasteiger partial charge in [0.2, 0.25) is 0 Å². The lowest BCUT2D eigenvalue weighted by Crippen LogP contribution is -2.19. The highest BCUT2D eigenvalue weighted by molar-refractivity contribution is 5.50. The second-order valence-electron chi connectivity index (χ2n) is 5.81. The summed E-state index contributed by atoms with van der Waals surface area (Å²) in [6.45, 7) is 9.42. The zero-order valence-electron chi connectivity index (χ0n) is 12.7. The maximum atomic E-state index is 4.98. The molecule has 0 amide bonds. The summed E-state index contributed by atoms with van der Waals surface area (Å²) in [6.07, 6.45) is 5.45. The summed E-state index contributed by atoms with van der Waals surface area (Å²) in [7, 11) is 1.73. The second kappa shape index (κ2) is 8.13. The molecule has 0 spiro atoms. The predicted molar refractivity (Wildman–Crippen MR) is 83.5 cm³/mol. The minimum absolute atomic E-state index is 0.230. The Labute approximate surface area is 117 Å². The third-order valence-corrected chi connectivity index (χ3v) is 3.06. The minimum Gasteiger partial charge on any atom is -0.383 e. The van der Waals surface area contributed by atoms with Gasteiger partial charge in [-0.05, 0) is 29.5 Å². The van der Waals surface area contributed by atoms with E-state index in [1.807, 2.05) is 0 Å². The third-order valence-electron chi connectivity index (χ3n) is 3.06. The SMILES string of the molecule is COCCNCCC=Cc1ccc(C(C)(C)C)cc1. The van der Waals surface area contributed by atoms with Crippen LogP contribution in [0.2, 0.25) is 0 Å². The van der Waals surface area contributed by atoms with Crippen LogP contribution in [-0.4, -0.2) is 26.8 Å². The average Bonchev–Trinajstić information content (AvgIpc) is 2.37. The van der Waals surface area contributed by atoms with Crippen molar-refractivity contribution in [2.24, 2.45) is 0 Å². The Morgan fingerprint density at radius 3 is 2.37 bits per heavy atom. The van der Waals surface area contributed by atoms with Crippen LogP contribution in [0, 0.1) is 0 Å². The van der Waals surface area contributed by atoms with E-state index in [4.69, 9.17) is 4.74 Å². The topological polar surface area (TPSA) is 21.3 Å². The van der Waals surface area contributed by atoms with E-state index in [9.17, 15) is 0 Å². The molecule has 1 aromatic rings. The zero-order valence-corrected chi connectivity index (χ0v) is 12.7. The van der Waals surface area contributed by atoms with Gasteiger partial charge in [0.15, 0.2) is 0 Å². The maximum absolute atomic E-state index is 4.98. The molecule has 0 bridgehead atoms. The van der Waals surface area contributed by atoms with Crippen LogP contribution in [0.5, 0.6) is 0 Å². The van der Waals surface area contributed by atoms with E-state index < -0.39 is 0 Å². The molecule has 0 aromatic heterocycles. The van der Waals surface area contributed by atoms with Gasteiger partial charge in [0.1, 0.15) is 0 Å². The van der Waals surface area contributed by atoms with E-state index in [1.54, 1.807) is 7.11 Å². The molecule has 0 unspecified atom stereocenters. The summed E-state index contributed by atoms with van der Waals surface area (Å²) in [4.78, 5) is 0. The molecule has 0 saturated heterocycles. The quantitative estimate of drug-likeness (QED) is 0.757. The van der Waals surface area contributed by atoms with Crippen molar-refractivity contribution in [3.8, 4) is 0 Å². The molecular weight excluding hydrogens is 234 g/mol. The minimum atomic E-state index is 0.230. The van der Waals surface area contributed by atoms with Crippen LogP contribution in [-0.2, 0) is 10.2 Å². The van der Waals surface area contributed by atoms with Crippen LogP contribution < -0.4 is 5.32 Å². The van der Waals surface area contributed by atoms with Gasteiger partial charge in [0.05, 0.1) is 6.61 Å². The molecule has 1 aromatic carbocycles. The second-order valence-corrected chi connectivity index (χ2v) is 5.81. The fourth-order valence-electron chi connectivity index (χ4n) is 1.80. The molecule has 0 aliphatic rings. The highest BCUT2D eigenvalue weighted by atomic mass is 16.5. The number of hydrogen-bond acceptors (Lipinski definition) is 2. The third kappa shape index (κ3) is 6.55. The van der Waals surface area contributed by atoms with Gasteiger partial charge in [0.25, 0.3) is 0 Å². The maximum Gasteiger partial charge on any atom is 0.0587 e. The van der Waals surface area contributed by atoms with E-state index in [0.717, 1.165) is 26.1 Å². The van der Waals surface area contributed by atoms with Crippen molar-refractivity contribution in [2.45, 2.75) is 32.6 Å². The summed E-state index contributed by atoms with van der Waals surface area (Å²) < 4.78 is 4.98. The van der Waals surface area contributed by atoms with Gasteiger partial charge in [0, 0.05) is 13.7 Å². The predicted octanol–water partition coefficient (Wildman–Crippen LogP) is 3.62. The number of benzene rings is 1. The van der Waals surface area contributed by atoms with Crippen LogP contribution in [0.15, 0.2) is 30.3 Å². The monoisotopic (exact) mass is 261 g/mol. The first-order valence-electron chi connectivity index (χ1n) is 7.01. The smallest absolute Gasteiger partial charge is 0.0587 e. The van der Waals surface area contributed by atoms with Crippen LogP contribution in [0.1, 0.15) is 38.3 Å². The van der Waals surface area contributed by atoms with Crippen molar-refractivity contribution < 1.29 is 4.74 Å². The molecule has 0 atom stereocenters. The van der Waals surface area contributed by atoms with Gasteiger partial charge >= 0.3 is 0 Å². The van der Waals surface area contributed by atoms with Gasteiger partial charge in [-0.3, -0.25) is 0 Å². The van der Waals surface area contributed by atoms with Crippen LogP contribution in [0.3, 0.4) is 0 Å². The molecule has 0 saturated carbocycles. The van der Waals surface area contributed by atoms with Gasteiger partial charge in [-0.25, -0.2) is 0 Å². The van der Waals surface area contributed by atoms with E-state index in [1.165, 1.54) is 11.1 Å². The van der Waals surface area contributed by atoms with Crippen LogP contribution in [0.25, 0.3) is 6.08 Å². The molecule has 19 heavy (non-hydrogen) atoms. The molecule has 1 N–H and O–H groups in total. The fraction of sp³-hybridized carbons (Fsp3) is 0.529. The van der Waals surface area contributed by atoms with Gasteiger partial charge < -0.3 is 10.1 Å². The molecule has 106 valence electrons. The van der Waals surface area contributed by atoms with Crippen LogP contribution >= 0.6 is 0 Å². The Hall–Kier alpha value is -1.12. The standard InChI is InChI=1S/C17H27NO/c1-17(2,3)16-10-8-15(9-11-16)7-5-6-12-18-13-14-19-4/h5,7-11,18H,6,12-14H2,1-4H3. The molecule has 0 aliphatic carbocycles.